The topological polar surface area (TPSA) is 119 Å². The van der Waals surface area contributed by atoms with Gasteiger partial charge in [-0.2, -0.15) is 0 Å². The van der Waals surface area contributed by atoms with Gasteiger partial charge in [0.15, 0.2) is 0 Å². The Bertz CT molecular complexity index is 433. The molecule has 1 rings (SSSR count). The summed E-state index contributed by atoms with van der Waals surface area (Å²) < 4.78 is 0. The van der Waals surface area contributed by atoms with Crippen molar-refractivity contribution in [1.82, 2.24) is 20.2 Å². The van der Waals surface area contributed by atoms with Crippen molar-refractivity contribution < 1.29 is 19.8 Å². The lowest BCUT2D eigenvalue weighted by molar-refractivity contribution is -0.139. The highest BCUT2D eigenvalue weighted by atomic mass is 16.4. The van der Waals surface area contributed by atoms with E-state index >= 15 is 0 Å². The third-order valence-corrected chi connectivity index (χ3v) is 2.80. The predicted octanol–water partition coefficient (Wildman–Crippen LogP) is -0.182. The quantitative estimate of drug-likeness (QED) is 0.554. The van der Waals surface area contributed by atoms with E-state index < -0.39 is 18.0 Å². The number of imidazole rings is 1. The van der Waals surface area contributed by atoms with Crippen molar-refractivity contribution in [2.24, 2.45) is 0 Å². The molecule has 0 aliphatic carbocycles. The van der Waals surface area contributed by atoms with Crippen LogP contribution in [0.2, 0.25) is 0 Å². The molecular formula is C12H20N4O4. The van der Waals surface area contributed by atoms with E-state index in [0.29, 0.717) is 5.69 Å². The van der Waals surface area contributed by atoms with Gasteiger partial charge in [-0.1, -0.05) is 0 Å². The molecule has 0 aromatic carbocycles. The average molecular weight is 284 g/mol. The summed E-state index contributed by atoms with van der Waals surface area (Å²) in [4.78, 5) is 31.2. The number of aromatic nitrogens is 2. The second-order valence-corrected chi connectivity index (χ2v) is 4.63. The zero-order valence-electron chi connectivity index (χ0n) is 11.5. The highest BCUT2D eigenvalue weighted by Crippen LogP contribution is 2.03. The third-order valence-electron chi connectivity index (χ3n) is 2.80. The van der Waals surface area contributed by atoms with Crippen LogP contribution in [0.3, 0.4) is 0 Å². The van der Waals surface area contributed by atoms with Crippen molar-refractivity contribution in [3.8, 4) is 0 Å². The summed E-state index contributed by atoms with van der Waals surface area (Å²) in [5.41, 5.74) is 0.621. The minimum Gasteiger partial charge on any atom is -0.480 e. The van der Waals surface area contributed by atoms with E-state index in [4.69, 9.17) is 10.2 Å². The molecule has 8 nitrogen and oxygen atoms in total. The number of hydrogen-bond acceptors (Lipinski definition) is 4. The van der Waals surface area contributed by atoms with Crippen LogP contribution in [0.15, 0.2) is 12.5 Å². The van der Waals surface area contributed by atoms with Gasteiger partial charge in [-0.3, -0.25) is 0 Å². The summed E-state index contributed by atoms with van der Waals surface area (Å²) in [7, 11) is 0. The Kier molecular flexibility index (Phi) is 5.98. The lowest BCUT2D eigenvalue weighted by Crippen LogP contribution is -2.51. The number of aliphatic hydroxyl groups is 1. The first-order valence-corrected chi connectivity index (χ1v) is 6.33. The van der Waals surface area contributed by atoms with Gasteiger partial charge >= 0.3 is 12.0 Å². The Balaban J connectivity index is 2.69. The van der Waals surface area contributed by atoms with Gasteiger partial charge in [0.25, 0.3) is 0 Å². The van der Waals surface area contributed by atoms with Crippen molar-refractivity contribution >= 4 is 12.0 Å². The second kappa shape index (κ2) is 7.49. The molecule has 112 valence electrons. The Morgan fingerprint density at radius 1 is 1.50 bits per heavy atom. The van der Waals surface area contributed by atoms with E-state index in [2.05, 4.69) is 15.3 Å². The molecule has 1 aromatic rings. The minimum atomic E-state index is -1.12. The van der Waals surface area contributed by atoms with Crippen LogP contribution < -0.4 is 5.32 Å². The number of aliphatic hydroxyl groups excluding tert-OH is 1. The Hall–Kier alpha value is -2.09. The number of carbonyl (C=O) groups excluding carboxylic acids is 1. The zero-order valence-corrected chi connectivity index (χ0v) is 11.5. The van der Waals surface area contributed by atoms with Gasteiger partial charge in [-0.05, 0) is 13.8 Å². The zero-order chi connectivity index (χ0) is 15.1. The fraction of sp³-hybridized carbons (Fsp3) is 0.583. The molecule has 1 aromatic heterocycles. The van der Waals surface area contributed by atoms with Gasteiger partial charge < -0.3 is 25.4 Å². The summed E-state index contributed by atoms with van der Waals surface area (Å²) in [6.07, 6.45) is 3.07. The molecule has 4 N–H and O–H groups in total. The van der Waals surface area contributed by atoms with Crippen molar-refractivity contribution in [3.05, 3.63) is 18.2 Å². The Labute approximate surface area is 116 Å². The van der Waals surface area contributed by atoms with Crippen LogP contribution in [0.25, 0.3) is 0 Å². The summed E-state index contributed by atoms with van der Waals surface area (Å²) in [6, 6.07) is -1.70. The lowest BCUT2D eigenvalue weighted by atomic mass is 10.1. The molecule has 0 fully saturated rings. The van der Waals surface area contributed by atoms with E-state index in [1.54, 1.807) is 13.8 Å². The molecule has 2 amide bonds. The number of hydrogen-bond donors (Lipinski definition) is 4. The summed E-state index contributed by atoms with van der Waals surface area (Å²) in [5.74, 6) is -1.12. The van der Waals surface area contributed by atoms with Gasteiger partial charge in [0, 0.05) is 30.9 Å². The molecule has 1 heterocycles. The van der Waals surface area contributed by atoms with E-state index in [1.807, 2.05) is 0 Å². The highest BCUT2D eigenvalue weighted by Gasteiger charge is 2.24. The van der Waals surface area contributed by atoms with Crippen molar-refractivity contribution in [2.45, 2.75) is 32.4 Å². The second-order valence-electron chi connectivity index (χ2n) is 4.63. The number of amides is 2. The van der Waals surface area contributed by atoms with Gasteiger partial charge in [0.2, 0.25) is 0 Å². The van der Waals surface area contributed by atoms with Crippen LogP contribution in [0, 0.1) is 0 Å². The van der Waals surface area contributed by atoms with E-state index in [1.165, 1.54) is 17.4 Å². The molecule has 0 aliphatic rings. The van der Waals surface area contributed by atoms with Gasteiger partial charge in [0.05, 0.1) is 12.9 Å². The third kappa shape index (κ3) is 4.54. The molecule has 0 bridgehead atoms. The molecule has 0 saturated carbocycles. The molecule has 0 unspecified atom stereocenters. The Morgan fingerprint density at radius 3 is 2.65 bits per heavy atom. The summed E-state index contributed by atoms with van der Waals surface area (Å²) in [5, 5.41) is 20.5. The maximum absolute atomic E-state index is 12.0. The van der Waals surface area contributed by atoms with Crippen LogP contribution in [0.5, 0.6) is 0 Å². The fourth-order valence-corrected chi connectivity index (χ4v) is 1.75. The summed E-state index contributed by atoms with van der Waals surface area (Å²) >= 11 is 0. The largest absolute Gasteiger partial charge is 0.480 e. The number of nitrogens with zero attached hydrogens (tertiary/aromatic N) is 2. The van der Waals surface area contributed by atoms with E-state index in [-0.39, 0.29) is 25.6 Å². The van der Waals surface area contributed by atoms with Crippen LogP contribution in [-0.2, 0) is 11.2 Å². The standard InChI is InChI=1S/C12H20N4O4/c1-8(2)16(3-4-17)12(20)15-10(11(18)19)5-9-6-13-7-14-9/h6-8,10,17H,3-5H2,1-2H3,(H,13,14)(H,15,20)(H,18,19)/t10-/m0/s1. The minimum absolute atomic E-state index is 0.117. The molecule has 0 radical (unpaired) electrons. The first-order valence-electron chi connectivity index (χ1n) is 6.33. The first-order chi connectivity index (χ1) is 9.45. The average Bonchev–Trinajstić information content (AvgIpc) is 2.87. The van der Waals surface area contributed by atoms with Gasteiger partial charge in [-0.25, -0.2) is 14.6 Å². The summed E-state index contributed by atoms with van der Waals surface area (Å²) in [6.45, 7) is 3.56. The molecule has 20 heavy (non-hydrogen) atoms. The van der Waals surface area contributed by atoms with Crippen LogP contribution in [-0.4, -0.2) is 62.3 Å². The molecule has 8 heteroatoms. The maximum Gasteiger partial charge on any atom is 0.326 e. The first kappa shape index (κ1) is 16.0. The van der Waals surface area contributed by atoms with Crippen LogP contribution >= 0.6 is 0 Å². The van der Waals surface area contributed by atoms with Gasteiger partial charge in [0.1, 0.15) is 6.04 Å². The van der Waals surface area contributed by atoms with Crippen molar-refractivity contribution in [2.75, 3.05) is 13.2 Å². The maximum atomic E-state index is 12.0. The molecule has 1 atom stereocenters. The number of carboxylic acids is 1. The van der Waals surface area contributed by atoms with Crippen LogP contribution in [0.1, 0.15) is 19.5 Å². The van der Waals surface area contributed by atoms with Crippen LogP contribution in [0.4, 0.5) is 4.79 Å². The smallest absolute Gasteiger partial charge is 0.326 e. The monoisotopic (exact) mass is 284 g/mol. The normalized spacial score (nSPS) is 12.2. The van der Waals surface area contributed by atoms with Gasteiger partial charge in [-0.15, -0.1) is 0 Å². The predicted molar refractivity (Wildman–Crippen MR) is 71.2 cm³/mol. The number of aromatic amines is 1. The number of urea groups is 1. The number of nitrogens with one attached hydrogen (secondary N) is 2. The highest BCUT2D eigenvalue weighted by molar-refractivity contribution is 5.82. The number of H-pyrrole nitrogens is 1. The molecular weight excluding hydrogens is 264 g/mol. The number of carboxylic acid groups (broad SMARTS) is 1. The van der Waals surface area contributed by atoms with Crippen molar-refractivity contribution in [3.63, 3.8) is 0 Å². The molecule has 0 aliphatic heterocycles. The number of aliphatic carboxylic acids is 1. The van der Waals surface area contributed by atoms with Crippen molar-refractivity contribution in [1.29, 1.82) is 0 Å². The fourth-order valence-electron chi connectivity index (χ4n) is 1.75. The van der Waals surface area contributed by atoms with E-state index in [9.17, 15) is 9.59 Å². The Morgan fingerprint density at radius 2 is 2.20 bits per heavy atom. The van der Waals surface area contributed by atoms with E-state index in [0.717, 1.165) is 0 Å². The lowest BCUT2D eigenvalue weighted by Gasteiger charge is -2.27. The molecule has 0 saturated heterocycles. The number of rotatable bonds is 7. The number of carbonyl (C=O) groups is 2. The SMILES string of the molecule is CC(C)N(CCO)C(=O)N[C@@H](Cc1cnc[nH]1)C(=O)O. The molecule has 0 spiro atoms.